The molecule has 0 radical (unpaired) electrons. The highest BCUT2D eigenvalue weighted by Gasteiger charge is 2.41. The lowest BCUT2D eigenvalue weighted by Crippen LogP contribution is -2.39. The van der Waals surface area contributed by atoms with Crippen LogP contribution in [-0.2, 0) is 5.54 Å². The molecule has 304 valence electrons. The molecule has 11 heteroatoms. The molecule has 11 nitrogen and oxygen atoms in total. The van der Waals surface area contributed by atoms with E-state index in [1.807, 2.05) is 78.9 Å². The largest absolute Gasteiger partial charge is 0.369 e. The van der Waals surface area contributed by atoms with Gasteiger partial charge in [-0.25, -0.2) is 14.8 Å². The maximum atomic E-state index is 13.8. The minimum absolute atomic E-state index is 0.242. The number of nitrogens with zero attached hydrogens (tertiary/aromatic N) is 8. The third-order valence-corrected chi connectivity index (χ3v) is 10.9. The van der Waals surface area contributed by atoms with Gasteiger partial charge in [0.2, 0.25) is 11.8 Å². The van der Waals surface area contributed by atoms with Crippen LogP contribution in [0.15, 0.2) is 146 Å². The fourth-order valence-corrected chi connectivity index (χ4v) is 8.29. The molecular formula is C49H52N10O. The summed E-state index contributed by atoms with van der Waals surface area (Å²) >= 11 is 0. The zero-order valence-electron chi connectivity index (χ0n) is 34.7. The van der Waals surface area contributed by atoms with Crippen LogP contribution in [0.4, 0.5) is 27.8 Å². The third-order valence-electron chi connectivity index (χ3n) is 10.9. The maximum absolute atomic E-state index is 13.8. The Hall–Kier alpha value is -6.88. The lowest BCUT2D eigenvalue weighted by Gasteiger charge is -2.34. The van der Waals surface area contributed by atoms with Gasteiger partial charge in [0.15, 0.2) is 5.54 Å². The monoisotopic (exact) mass is 796 g/mol. The molecular weight excluding hydrogens is 745 g/mol. The Morgan fingerprint density at radius 3 is 1.77 bits per heavy atom. The van der Waals surface area contributed by atoms with Crippen LogP contribution < -0.4 is 20.4 Å². The summed E-state index contributed by atoms with van der Waals surface area (Å²) in [7, 11) is 0. The van der Waals surface area contributed by atoms with E-state index in [4.69, 9.17) is 15.4 Å². The van der Waals surface area contributed by atoms with Gasteiger partial charge in [0, 0.05) is 31.7 Å². The maximum Gasteiger partial charge on any atom is 0.326 e. The van der Waals surface area contributed by atoms with Crippen molar-refractivity contribution < 1.29 is 4.79 Å². The van der Waals surface area contributed by atoms with Gasteiger partial charge in [0.05, 0.1) is 29.5 Å². The lowest BCUT2D eigenvalue weighted by atomic mass is 9.77. The number of nitrogens with one attached hydrogen (secondary N) is 2. The predicted octanol–water partition coefficient (Wildman–Crippen LogP) is 10.00. The molecule has 1 aliphatic heterocycles. The number of anilines is 4. The molecule has 3 heterocycles. The van der Waals surface area contributed by atoms with E-state index in [1.54, 1.807) is 17.2 Å². The average Bonchev–Trinajstić information content (AvgIpc) is 3.99. The second-order valence-electron chi connectivity index (χ2n) is 16.2. The van der Waals surface area contributed by atoms with Gasteiger partial charge in [-0.1, -0.05) is 149 Å². The third kappa shape index (κ3) is 8.47. The highest BCUT2D eigenvalue weighted by molar-refractivity contribution is 6.02. The number of carbonyl (C=O) groups is 1. The molecule has 0 atom stereocenters. The molecule has 2 N–H and O–H groups in total. The van der Waals surface area contributed by atoms with Gasteiger partial charge in [0.1, 0.15) is 0 Å². The fourth-order valence-electron chi connectivity index (χ4n) is 8.29. The van der Waals surface area contributed by atoms with Crippen LogP contribution in [0.2, 0.25) is 0 Å². The van der Waals surface area contributed by atoms with Gasteiger partial charge in [0.25, 0.3) is 0 Å². The quantitative estimate of drug-likeness (QED) is 0.105. The lowest BCUT2D eigenvalue weighted by molar-refractivity contribution is 0.262. The average molecular weight is 797 g/mol. The Balaban J connectivity index is 1.19. The van der Waals surface area contributed by atoms with E-state index in [9.17, 15) is 4.79 Å². The first kappa shape index (κ1) is 39.9. The first-order valence-corrected chi connectivity index (χ1v) is 20.9. The molecule has 5 aromatic carbocycles. The molecule has 8 rings (SSSR count). The Morgan fingerprint density at radius 1 is 0.683 bits per heavy atom. The minimum Gasteiger partial charge on any atom is -0.369 e. The summed E-state index contributed by atoms with van der Waals surface area (Å²) in [6.07, 6.45) is 5.87. The summed E-state index contributed by atoms with van der Waals surface area (Å²) in [6.45, 7) is 12.5. The van der Waals surface area contributed by atoms with E-state index in [0.29, 0.717) is 23.3 Å². The molecule has 2 aromatic heterocycles. The van der Waals surface area contributed by atoms with Crippen molar-refractivity contribution in [1.29, 1.82) is 0 Å². The van der Waals surface area contributed by atoms with Gasteiger partial charge in [-0.15, -0.1) is 15.0 Å². The number of benzene rings is 5. The standard InChI is InChI=1S/C49H52N10O/c1-35(2)33-58(34-36(3)4)45-27-26-37(30-44(45)52-48(60)53-47-50-31-41(32-51-47)57-28-16-17-29-57)42-24-14-15-25-43(42)46-54-56-59(55-46)49(38-18-8-5-9-19-38,39-20-10-6-11-21-39)40-22-12-7-13-23-40/h5-15,18-27,30-32,35-36H,16-17,28-29,33-34H2,1-4H3,(H2,50,51,52,53,60). The zero-order chi connectivity index (χ0) is 41.5. The number of carbonyl (C=O) groups excluding carboxylic acids is 1. The molecule has 1 saturated heterocycles. The molecule has 0 saturated carbocycles. The first-order valence-electron chi connectivity index (χ1n) is 20.9. The number of hydrogen-bond acceptors (Lipinski definition) is 8. The van der Waals surface area contributed by atoms with Crippen LogP contribution in [0.3, 0.4) is 0 Å². The summed E-state index contributed by atoms with van der Waals surface area (Å²) in [5.74, 6) is 1.52. The summed E-state index contributed by atoms with van der Waals surface area (Å²) in [5.41, 5.74) is 7.26. The minimum atomic E-state index is -0.912. The number of aromatic nitrogens is 6. The van der Waals surface area contributed by atoms with Crippen LogP contribution in [-0.4, -0.2) is 62.4 Å². The molecule has 60 heavy (non-hydrogen) atoms. The van der Waals surface area contributed by atoms with Crippen molar-refractivity contribution in [3.8, 4) is 22.5 Å². The second-order valence-corrected chi connectivity index (χ2v) is 16.2. The molecule has 0 aliphatic carbocycles. The molecule has 0 spiro atoms. The zero-order valence-corrected chi connectivity index (χ0v) is 34.7. The molecule has 2 amide bonds. The van der Waals surface area contributed by atoms with Gasteiger partial charge in [-0.2, -0.15) is 0 Å². The summed E-state index contributed by atoms with van der Waals surface area (Å²) in [4.78, 5) is 29.1. The smallest absolute Gasteiger partial charge is 0.326 e. The van der Waals surface area contributed by atoms with Gasteiger partial charge >= 0.3 is 6.03 Å². The molecule has 0 unspecified atom stereocenters. The van der Waals surface area contributed by atoms with Crippen molar-refractivity contribution in [3.63, 3.8) is 0 Å². The fraction of sp³-hybridized carbons (Fsp3) is 0.265. The summed E-state index contributed by atoms with van der Waals surface area (Å²) in [5, 5.41) is 20.8. The molecule has 1 fully saturated rings. The van der Waals surface area contributed by atoms with Crippen molar-refractivity contribution in [2.75, 3.05) is 46.6 Å². The van der Waals surface area contributed by atoms with E-state index < -0.39 is 11.6 Å². The normalized spacial score (nSPS) is 12.9. The number of amides is 2. The van der Waals surface area contributed by atoms with E-state index in [2.05, 4.69) is 113 Å². The Morgan fingerprint density at radius 2 is 1.22 bits per heavy atom. The molecule has 7 aromatic rings. The summed E-state index contributed by atoms with van der Waals surface area (Å²) < 4.78 is 0. The van der Waals surface area contributed by atoms with Crippen molar-refractivity contribution in [3.05, 3.63) is 163 Å². The van der Waals surface area contributed by atoms with E-state index in [0.717, 1.165) is 83.8 Å². The number of tetrazole rings is 1. The highest BCUT2D eigenvalue weighted by Crippen LogP contribution is 2.41. The van der Waals surface area contributed by atoms with Crippen LogP contribution in [0, 0.1) is 11.8 Å². The number of urea groups is 1. The Kier molecular flexibility index (Phi) is 11.9. The van der Waals surface area contributed by atoms with Crippen molar-refractivity contribution >= 4 is 29.0 Å². The number of hydrogen-bond donors (Lipinski definition) is 2. The predicted molar refractivity (Wildman–Crippen MR) is 241 cm³/mol. The summed E-state index contributed by atoms with van der Waals surface area (Å²) in [6, 6.07) is 44.9. The van der Waals surface area contributed by atoms with E-state index in [-0.39, 0.29) is 5.95 Å². The Bertz CT molecular complexity index is 2380. The second kappa shape index (κ2) is 17.9. The SMILES string of the molecule is CC(C)CN(CC(C)C)c1ccc(-c2ccccc2-c2nnn(C(c3ccccc3)(c3ccccc3)c3ccccc3)n2)cc1NC(=O)Nc1ncc(N2CCCC2)cn1. The first-order chi connectivity index (χ1) is 29.3. The number of rotatable bonds is 14. The van der Waals surface area contributed by atoms with Gasteiger partial charge < -0.3 is 15.1 Å². The van der Waals surface area contributed by atoms with Crippen molar-refractivity contribution in [1.82, 2.24) is 30.2 Å². The highest BCUT2D eigenvalue weighted by atomic mass is 16.2. The van der Waals surface area contributed by atoms with Crippen LogP contribution in [0.5, 0.6) is 0 Å². The van der Waals surface area contributed by atoms with Gasteiger partial charge in [-0.05, 0) is 69.8 Å². The molecule has 1 aliphatic rings. The van der Waals surface area contributed by atoms with Crippen molar-refractivity contribution in [2.24, 2.45) is 11.8 Å². The van der Waals surface area contributed by atoms with Crippen LogP contribution in [0.25, 0.3) is 22.5 Å². The Labute approximate surface area is 352 Å². The topological polar surface area (TPSA) is 117 Å². The van der Waals surface area contributed by atoms with E-state index >= 15 is 0 Å². The van der Waals surface area contributed by atoms with Crippen LogP contribution in [0.1, 0.15) is 57.2 Å². The van der Waals surface area contributed by atoms with Crippen molar-refractivity contribution in [2.45, 2.75) is 46.1 Å². The van der Waals surface area contributed by atoms with E-state index in [1.165, 1.54) is 0 Å². The van der Waals surface area contributed by atoms with Crippen LogP contribution >= 0.6 is 0 Å². The molecule has 0 bridgehead atoms. The van der Waals surface area contributed by atoms with Gasteiger partial charge in [-0.3, -0.25) is 5.32 Å².